The fraction of sp³-hybridized carbons (Fsp3) is 0.500. The second kappa shape index (κ2) is 6.34. The van der Waals surface area contributed by atoms with E-state index >= 15 is 0 Å². The topological polar surface area (TPSA) is 74.6 Å². The molecule has 0 saturated carbocycles. The number of benzene rings is 1. The minimum atomic E-state index is -0.454. The number of ether oxygens (including phenoxy) is 2. The molecule has 6 nitrogen and oxygen atoms in total. The lowest BCUT2D eigenvalue weighted by atomic mass is 10.0. The van der Waals surface area contributed by atoms with Gasteiger partial charge in [0, 0.05) is 32.5 Å². The fourth-order valence-corrected chi connectivity index (χ4v) is 2.82. The Bertz CT molecular complexity index is 563. The molecule has 0 aliphatic carbocycles. The lowest BCUT2D eigenvalue weighted by Gasteiger charge is -2.37. The van der Waals surface area contributed by atoms with Gasteiger partial charge in [0.15, 0.2) is 5.79 Å². The van der Waals surface area contributed by atoms with Crippen molar-refractivity contribution in [2.24, 2.45) is 0 Å². The summed E-state index contributed by atoms with van der Waals surface area (Å²) in [6, 6.07) is 9.21. The molecular formula is C16H19N3O3. The first-order chi connectivity index (χ1) is 10.7. The lowest BCUT2D eigenvalue weighted by Crippen LogP contribution is -2.50. The van der Waals surface area contributed by atoms with E-state index in [1.165, 1.54) is 0 Å². The molecule has 0 bridgehead atoms. The molecule has 22 heavy (non-hydrogen) atoms. The summed E-state index contributed by atoms with van der Waals surface area (Å²) in [7, 11) is 0. The molecule has 0 atom stereocenters. The fourth-order valence-electron chi connectivity index (χ4n) is 2.82. The predicted molar refractivity (Wildman–Crippen MR) is 78.8 cm³/mol. The number of amides is 2. The van der Waals surface area contributed by atoms with E-state index in [1.54, 1.807) is 17.0 Å². The largest absolute Gasteiger partial charge is 0.347 e. The molecule has 2 aliphatic rings. The summed E-state index contributed by atoms with van der Waals surface area (Å²) in [6.45, 7) is 3.02. The summed E-state index contributed by atoms with van der Waals surface area (Å²) in [4.78, 5) is 14.0. The van der Waals surface area contributed by atoms with Crippen LogP contribution in [0.15, 0.2) is 24.3 Å². The molecule has 2 aliphatic heterocycles. The third-order valence-electron chi connectivity index (χ3n) is 4.15. The Kier molecular flexibility index (Phi) is 4.27. The van der Waals surface area contributed by atoms with Crippen molar-refractivity contribution in [3.8, 4) is 6.07 Å². The Morgan fingerprint density at radius 1 is 1.23 bits per heavy atom. The van der Waals surface area contributed by atoms with Gasteiger partial charge in [-0.15, -0.1) is 0 Å². The molecule has 1 spiro atoms. The Labute approximate surface area is 129 Å². The van der Waals surface area contributed by atoms with Crippen molar-refractivity contribution in [3.05, 3.63) is 35.4 Å². The van der Waals surface area contributed by atoms with Crippen LogP contribution in [-0.2, 0) is 16.0 Å². The average molecular weight is 301 g/mol. The third-order valence-corrected chi connectivity index (χ3v) is 4.15. The Hall–Kier alpha value is -2.10. The lowest BCUT2D eigenvalue weighted by molar-refractivity contribution is -0.181. The van der Waals surface area contributed by atoms with Crippen LogP contribution in [0.5, 0.6) is 0 Å². The number of nitriles is 1. The number of nitrogens with zero attached hydrogens (tertiary/aromatic N) is 2. The average Bonchev–Trinajstić information content (AvgIpc) is 3.02. The van der Waals surface area contributed by atoms with E-state index in [0.29, 0.717) is 38.4 Å². The van der Waals surface area contributed by atoms with Gasteiger partial charge < -0.3 is 19.7 Å². The van der Waals surface area contributed by atoms with Gasteiger partial charge in [0.05, 0.1) is 24.8 Å². The van der Waals surface area contributed by atoms with Crippen LogP contribution >= 0.6 is 0 Å². The second-order valence-electron chi connectivity index (χ2n) is 5.56. The van der Waals surface area contributed by atoms with Crippen molar-refractivity contribution in [1.29, 1.82) is 5.26 Å². The predicted octanol–water partition coefficient (Wildman–Crippen LogP) is 1.61. The van der Waals surface area contributed by atoms with Gasteiger partial charge in [-0.3, -0.25) is 0 Å². The number of likely N-dealkylation sites (tertiary alicyclic amines) is 1. The summed E-state index contributed by atoms with van der Waals surface area (Å²) in [5.41, 5.74) is 1.59. The molecule has 2 saturated heterocycles. The van der Waals surface area contributed by atoms with Crippen molar-refractivity contribution in [2.75, 3.05) is 26.3 Å². The minimum Gasteiger partial charge on any atom is -0.347 e. The van der Waals surface area contributed by atoms with Crippen LogP contribution in [0.1, 0.15) is 24.0 Å². The van der Waals surface area contributed by atoms with Crippen LogP contribution in [0.3, 0.4) is 0 Å². The standard InChI is InChI=1S/C16H19N3O3/c17-11-13-1-3-14(4-2-13)12-18-15(20)19-7-5-16(6-8-19)21-9-10-22-16/h1-4H,5-10,12H2,(H,18,20). The number of carbonyl (C=O) groups excluding carboxylic acids is 1. The highest BCUT2D eigenvalue weighted by molar-refractivity contribution is 5.74. The quantitative estimate of drug-likeness (QED) is 0.900. The second-order valence-corrected chi connectivity index (χ2v) is 5.56. The number of urea groups is 1. The third kappa shape index (κ3) is 3.21. The number of carbonyl (C=O) groups is 1. The van der Waals surface area contributed by atoms with Gasteiger partial charge in [0.2, 0.25) is 0 Å². The van der Waals surface area contributed by atoms with E-state index in [1.807, 2.05) is 12.1 Å². The SMILES string of the molecule is N#Cc1ccc(CNC(=O)N2CCC3(CC2)OCCO3)cc1. The van der Waals surface area contributed by atoms with Crippen LogP contribution in [0.2, 0.25) is 0 Å². The van der Waals surface area contributed by atoms with E-state index in [9.17, 15) is 4.79 Å². The van der Waals surface area contributed by atoms with Crippen LogP contribution < -0.4 is 5.32 Å². The number of hydrogen-bond donors (Lipinski definition) is 1. The normalized spacial score (nSPS) is 19.9. The van der Waals surface area contributed by atoms with Crippen molar-refractivity contribution in [1.82, 2.24) is 10.2 Å². The maximum Gasteiger partial charge on any atom is 0.317 e. The molecule has 1 aromatic rings. The highest BCUT2D eigenvalue weighted by atomic mass is 16.7. The van der Waals surface area contributed by atoms with E-state index in [-0.39, 0.29) is 6.03 Å². The first-order valence-electron chi connectivity index (χ1n) is 7.50. The van der Waals surface area contributed by atoms with Crippen LogP contribution in [0, 0.1) is 11.3 Å². The molecule has 3 rings (SSSR count). The molecular weight excluding hydrogens is 282 g/mol. The first-order valence-corrected chi connectivity index (χ1v) is 7.50. The van der Waals surface area contributed by atoms with Crippen molar-refractivity contribution < 1.29 is 14.3 Å². The monoisotopic (exact) mass is 301 g/mol. The molecule has 116 valence electrons. The summed E-state index contributed by atoms with van der Waals surface area (Å²) < 4.78 is 11.3. The van der Waals surface area contributed by atoms with Crippen LogP contribution in [-0.4, -0.2) is 43.0 Å². The van der Waals surface area contributed by atoms with E-state index in [0.717, 1.165) is 18.4 Å². The van der Waals surface area contributed by atoms with Gasteiger partial charge in [-0.2, -0.15) is 5.26 Å². The van der Waals surface area contributed by atoms with Crippen molar-refractivity contribution in [3.63, 3.8) is 0 Å². The minimum absolute atomic E-state index is 0.0720. The first kappa shape index (κ1) is 14.8. The molecule has 6 heteroatoms. The van der Waals surface area contributed by atoms with E-state index in [2.05, 4.69) is 11.4 Å². The smallest absolute Gasteiger partial charge is 0.317 e. The van der Waals surface area contributed by atoms with Gasteiger partial charge >= 0.3 is 6.03 Å². The van der Waals surface area contributed by atoms with Crippen molar-refractivity contribution >= 4 is 6.03 Å². The van der Waals surface area contributed by atoms with E-state index < -0.39 is 5.79 Å². The number of nitrogens with one attached hydrogen (secondary N) is 1. The maximum atomic E-state index is 12.2. The zero-order valence-electron chi connectivity index (χ0n) is 12.4. The summed E-state index contributed by atoms with van der Waals surface area (Å²) in [6.07, 6.45) is 1.44. The highest BCUT2D eigenvalue weighted by Gasteiger charge is 2.40. The van der Waals surface area contributed by atoms with Gasteiger partial charge in [0.1, 0.15) is 0 Å². The molecule has 1 aromatic carbocycles. The zero-order chi connectivity index (χ0) is 15.4. The van der Waals surface area contributed by atoms with Gasteiger partial charge in [-0.1, -0.05) is 12.1 Å². The highest BCUT2D eigenvalue weighted by Crippen LogP contribution is 2.31. The Morgan fingerprint density at radius 3 is 2.45 bits per heavy atom. The Morgan fingerprint density at radius 2 is 1.86 bits per heavy atom. The zero-order valence-corrected chi connectivity index (χ0v) is 12.4. The Balaban J connectivity index is 1.47. The number of hydrogen-bond acceptors (Lipinski definition) is 4. The number of piperidine rings is 1. The van der Waals surface area contributed by atoms with Gasteiger partial charge in [-0.05, 0) is 17.7 Å². The molecule has 0 aromatic heterocycles. The molecule has 2 amide bonds. The molecule has 0 unspecified atom stereocenters. The van der Waals surface area contributed by atoms with Gasteiger partial charge in [0.25, 0.3) is 0 Å². The summed E-state index contributed by atoms with van der Waals surface area (Å²) in [5, 5.41) is 11.7. The van der Waals surface area contributed by atoms with Gasteiger partial charge in [-0.25, -0.2) is 4.79 Å². The van der Waals surface area contributed by atoms with E-state index in [4.69, 9.17) is 14.7 Å². The molecule has 2 fully saturated rings. The van der Waals surface area contributed by atoms with Crippen molar-refractivity contribution in [2.45, 2.75) is 25.2 Å². The summed E-state index contributed by atoms with van der Waals surface area (Å²) >= 11 is 0. The summed E-state index contributed by atoms with van der Waals surface area (Å²) in [5.74, 6) is -0.454. The molecule has 1 N–H and O–H groups in total. The van der Waals surface area contributed by atoms with Crippen LogP contribution in [0.4, 0.5) is 4.79 Å². The maximum absolute atomic E-state index is 12.2. The van der Waals surface area contributed by atoms with Crippen LogP contribution in [0.25, 0.3) is 0 Å². The molecule has 2 heterocycles. The molecule has 0 radical (unpaired) electrons. The number of rotatable bonds is 2.